The maximum Gasteiger partial charge on any atom is 0.219 e. The fourth-order valence-electron chi connectivity index (χ4n) is 4.00. The zero-order valence-electron chi connectivity index (χ0n) is 17.9. The summed E-state index contributed by atoms with van der Waals surface area (Å²) in [6.45, 7) is 7.11. The molecule has 0 aliphatic carbocycles. The first-order valence-corrected chi connectivity index (χ1v) is 10.2. The largest absolute Gasteiger partial charge is 0.322 e. The minimum absolute atomic E-state index is 0.454. The SMILES string of the molecule is CCn1c(-c2ccccc2-c2ccc(C)cc2C)nc2nc(-c3nnnn3C)ncc21. The fraction of sp³-hybridized carbons (Fsp3) is 0.217. The number of imidazole rings is 1. The van der Waals surface area contributed by atoms with Crippen LogP contribution >= 0.6 is 0 Å². The van der Waals surface area contributed by atoms with Gasteiger partial charge in [-0.3, -0.25) is 0 Å². The van der Waals surface area contributed by atoms with Gasteiger partial charge < -0.3 is 4.57 Å². The quantitative estimate of drug-likeness (QED) is 0.445. The molecule has 31 heavy (non-hydrogen) atoms. The van der Waals surface area contributed by atoms with Crippen molar-refractivity contribution >= 4 is 11.2 Å². The molecule has 0 N–H and O–H groups in total. The third-order valence-electron chi connectivity index (χ3n) is 5.48. The summed E-state index contributed by atoms with van der Waals surface area (Å²) in [5.74, 6) is 1.83. The maximum absolute atomic E-state index is 4.92. The van der Waals surface area contributed by atoms with Crippen LogP contribution in [0.2, 0.25) is 0 Å². The highest BCUT2D eigenvalue weighted by atomic mass is 15.5. The van der Waals surface area contributed by atoms with Crippen molar-refractivity contribution in [3.05, 3.63) is 59.8 Å². The van der Waals surface area contributed by atoms with E-state index in [0.29, 0.717) is 17.3 Å². The number of hydrogen-bond acceptors (Lipinski definition) is 6. The van der Waals surface area contributed by atoms with Gasteiger partial charge in [-0.05, 0) is 47.9 Å². The highest BCUT2D eigenvalue weighted by molar-refractivity contribution is 5.86. The normalized spacial score (nSPS) is 11.4. The molecular weight excluding hydrogens is 388 g/mol. The van der Waals surface area contributed by atoms with Gasteiger partial charge in [-0.25, -0.2) is 19.6 Å². The second kappa shape index (κ2) is 7.39. The van der Waals surface area contributed by atoms with Gasteiger partial charge in [-0.1, -0.05) is 48.0 Å². The summed E-state index contributed by atoms with van der Waals surface area (Å²) < 4.78 is 3.70. The summed E-state index contributed by atoms with van der Waals surface area (Å²) in [4.78, 5) is 14.1. The van der Waals surface area contributed by atoms with E-state index in [0.717, 1.165) is 29.0 Å². The Bertz CT molecular complexity index is 1410. The zero-order valence-corrected chi connectivity index (χ0v) is 17.9. The van der Waals surface area contributed by atoms with Gasteiger partial charge in [0.2, 0.25) is 11.6 Å². The molecular formula is C23H22N8. The van der Waals surface area contributed by atoms with Crippen molar-refractivity contribution in [1.82, 2.24) is 39.7 Å². The standard InChI is InChI=1S/C23H22N8/c1-5-31-19-13-24-21(23-27-28-29-30(23)4)25-20(19)26-22(31)18-9-7-6-8-17(18)16-11-10-14(2)12-15(16)3/h6-13H,5H2,1-4H3. The summed E-state index contributed by atoms with van der Waals surface area (Å²) in [5, 5.41) is 11.6. The molecule has 2 aromatic carbocycles. The van der Waals surface area contributed by atoms with Crippen molar-refractivity contribution in [3.63, 3.8) is 0 Å². The van der Waals surface area contributed by atoms with Crippen molar-refractivity contribution in [2.75, 3.05) is 0 Å². The first-order valence-electron chi connectivity index (χ1n) is 10.2. The molecule has 0 saturated carbocycles. The number of hydrogen-bond donors (Lipinski definition) is 0. The van der Waals surface area contributed by atoms with Crippen LogP contribution in [0.5, 0.6) is 0 Å². The molecule has 0 amide bonds. The van der Waals surface area contributed by atoms with Crippen LogP contribution in [0.4, 0.5) is 0 Å². The predicted molar refractivity (Wildman–Crippen MR) is 119 cm³/mol. The summed E-state index contributed by atoms with van der Waals surface area (Å²) in [7, 11) is 1.76. The van der Waals surface area contributed by atoms with Crippen LogP contribution in [0.3, 0.4) is 0 Å². The van der Waals surface area contributed by atoms with Crippen molar-refractivity contribution in [3.8, 4) is 34.2 Å². The van der Waals surface area contributed by atoms with E-state index in [2.05, 4.69) is 87.2 Å². The Kier molecular flexibility index (Phi) is 4.54. The van der Waals surface area contributed by atoms with Gasteiger partial charge in [0.15, 0.2) is 5.65 Å². The molecule has 0 atom stereocenters. The van der Waals surface area contributed by atoms with Gasteiger partial charge >= 0.3 is 0 Å². The molecule has 0 radical (unpaired) electrons. The Hall–Kier alpha value is -3.94. The van der Waals surface area contributed by atoms with E-state index in [4.69, 9.17) is 4.98 Å². The Morgan fingerprint density at radius 3 is 2.42 bits per heavy atom. The molecule has 5 aromatic rings. The van der Waals surface area contributed by atoms with Crippen LogP contribution in [0, 0.1) is 13.8 Å². The van der Waals surface area contributed by atoms with E-state index in [1.54, 1.807) is 17.9 Å². The number of aromatic nitrogens is 8. The number of rotatable bonds is 4. The Morgan fingerprint density at radius 2 is 1.71 bits per heavy atom. The molecule has 0 spiro atoms. The van der Waals surface area contributed by atoms with Gasteiger partial charge in [0.1, 0.15) is 11.3 Å². The van der Waals surface area contributed by atoms with E-state index in [1.807, 2.05) is 6.07 Å². The topological polar surface area (TPSA) is 87.2 Å². The summed E-state index contributed by atoms with van der Waals surface area (Å²) in [6.07, 6.45) is 1.80. The molecule has 0 fully saturated rings. The molecule has 0 bridgehead atoms. The van der Waals surface area contributed by atoms with E-state index in [1.165, 1.54) is 16.7 Å². The Balaban J connectivity index is 1.72. The van der Waals surface area contributed by atoms with Crippen molar-refractivity contribution in [1.29, 1.82) is 0 Å². The van der Waals surface area contributed by atoms with Crippen molar-refractivity contribution in [2.24, 2.45) is 7.05 Å². The van der Waals surface area contributed by atoms with Crippen LogP contribution in [-0.4, -0.2) is 39.7 Å². The fourth-order valence-corrected chi connectivity index (χ4v) is 4.00. The lowest BCUT2D eigenvalue weighted by molar-refractivity contribution is 0.712. The van der Waals surface area contributed by atoms with E-state index < -0.39 is 0 Å². The van der Waals surface area contributed by atoms with Crippen LogP contribution in [0.15, 0.2) is 48.7 Å². The second-order valence-electron chi connectivity index (χ2n) is 7.57. The molecule has 3 aromatic heterocycles. The first kappa shape index (κ1) is 19.0. The van der Waals surface area contributed by atoms with Crippen molar-refractivity contribution in [2.45, 2.75) is 27.3 Å². The lowest BCUT2D eigenvalue weighted by Crippen LogP contribution is -2.01. The smallest absolute Gasteiger partial charge is 0.219 e. The number of fused-ring (bicyclic) bond motifs is 1. The van der Waals surface area contributed by atoms with Crippen LogP contribution in [0.25, 0.3) is 45.3 Å². The molecule has 0 aliphatic rings. The van der Waals surface area contributed by atoms with E-state index in [-0.39, 0.29) is 0 Å². The van der Waals surface area contributed by atoms with Crippen LogP contribution < -0.4 is 0 Å². The molecule has 0 saturated heterocycles. The maximum atomic E-state index is 4.92. The molecule has 8 nitrogen and oxygen atoms in total. The second-order valence-corrected chi connectivity index (χ2v) is 7.57. The van der Waals surface area contributed by atoms with E-state index in [9.17, 15) is 0 Å². The van der Waals surface area contributed by atoms with Gasteiger partial charge in [-0.2, -0.15) is 0 Å². The number of benzene rings is 2. The lowest BCUT2D eigenvalue weighted by atomic mass is 9.94. The van der Waals surface area contributed by atoms with Crippen LogP contribution in [0.1, 0.15) is 18.1 Å². The lowest BCUT2D eigenvalue weighted by Gasteiger charge is -2.13. The molecule has 154 valence electrons. The Morgan fingerprint density at radius 1 is 0.903 bits per heavy atom. The monoisotopic (exact) mass is 410 g/mol. The molecule has 0 aliphatic heterocycles. The average molecular weight is 410 g/mol. The summed E-state index contributed by atoms with van der Waals surface area (Å²) >= 11 is 0. The first-order chi connectivity index (χ1) is 15.1. The molecule has 3 heterocycles. The minimum atomic E-state index is 0.454. The highest BCUT2D eigenvalue weighted by Gasteiger charge is 2.19. The third kappa shape index (κ3) is 3.16. The van der Waals surface area contributed by atoms with Gasteiger partial charge in [-0.15, -0.1) is 5.10 Å². The average Bonchev–Trinajstić information content (AvgIpc) is 3.36. The summed E-state index contributed by atoms with van der Waals surface area (Å²) in [5.41, 5.74) is 7.41. The van der Waals surface area contributed by atoms with Crippen molar-refractivity contribution < 1.29 is 0 Å². The number of nitrogens with zero attached hydrogens (tertiary/aromatic N) is 8. The Labute approximate surface area is 179 Å². The summed E-state index contributed by atoms with van der Waals surface area (Å²) in [6, 6.07) is 14.9. The number of tetrazole rings is 1. The zero-order chi connectivity index (χ0) is 21.5. The molecule has 8 heteroatoms. The third-order valence-corrected chi connectivity index (χ3v) is 5.48. The number of aryl methyl sites for hydroxylation is 4. The highest BCUT2D eigenvalue weighted by Crippen LogP contribution is 2.35. The van der Waals surface area contributed by atoms with Gasteiger partial charge in [0.25, 0.3) is 0 Å². The minimum Gasteiger partial charge on any atom is -0.322 e. The van der Waals surface area contributed by atoms with Gasteiger partial charge in [0.05, 0.1) is 6.20 Å². The molecule has 5 rings (SSSR count). The molecule has 0 unspecified atom stereocenters. The van der Waals surface area contributed by atoms with E-state index >= 15 is 0 Å². The van der Waals surface area contributed by atoms with Crippen LogP contribution in [-0.2, 0) is 13.6 Å². The van der Waals surface area contributed by atoms with Gasteiger partial charge in [0, 0.05) is 19.2 Å². The predicted octanol–water partition coefficient (Wildman–Crippen LogP) is 3.99.